The highest BCUT2D eigenvalue weighted by molar-refractivity contribution is 5.82. The minimum Gasteiger partial charge on any atom is -0.462 e. The number of hydrogen-bond acceptors (Lipinski definition) is 4. The van der Waals surface area contributed by atoms with E-state index in [4.69, 9.17) is 9.47 Å². The molecule has 198 valence electrons. The third-order valence-corrected chi connectivity index (χ3v) is 8.83. The van der Waals surface area contributed by atoms with E-state index in [9.17, 15) is 9.59 Å². The van der Waals surface area contributed by atoms with Crippen LogP contribution in [0.3, 0.4) is 0 Å². The molecule has 8 atom stereocenters. The number of carbonyl (C=O) groups is 2. The molecule has 0 aromatic carbocycles. The summed E-state index contributed by atoms with van der Waals surface area (Å²) in [7, 11) is 0. The van der Waals surface area contributed by atoms with Gasteiger partial charge in [0.25, 0.3) is 0 Å². The van der Waals surface area contributed by atoms with Crippen molar-refractivity contribution in [1.82, 2.24) is 0 Å². The van der Waals surface area contributed by atoms with Crippen LogP contribution in [0.4, 0.5) is 0 Å². The summed E-state index contributed by atoms with van der Waals surface area (Å²) in [5.74, 6) is 1.56. The standard InChI is InChI=1S/C30H54O4/c1-17(2)23-13-11-21(9)15-25(23)33-29(31)27(19(5)6)28(20(7)8)30(32)34-26-16-22(10)12-14-24(26)18(3)4/h17-28H,11-16H2,1-10H3/t21-,22-,23+,24+,25-,26-,27-,28+/m1/s1. The average molecular weight is 479 g/mol. The summed E-state index contributed by atoms with van der Waals surface area (Å²) in [5.41, 5.74) is 0. The third-order valence-electron chi connectivity index (χ3n) is 8.83. The first-order valence-electron chi connectivity index (χ1n) is 14.2. The molecule has 2 aliphatic carbocycles. The number of ether oxygens (including phenoxy) is 2. The van der Waals surface area contributed by atoms with Gasteiger partial charge in [-0.2, -0.15) is 0 Å². The molecule has 0 N–H and O–H groups in total. The van der Waals surface area contributed by atoms with Gasteiger partial charge >= 0.3 is 11.9 Å². The molecule has 2 rings (SSSR count). The van der Waals surface area contributed by atoms with Gasteiger partial charge in [-0.3, -0.25) is 9.59 Å². The summed E-state index contributed by atoms with van der Waals surface area (Å²) in [4.78, 5) is 27.3. The Morgan fingerprint density at radius 3 is 1.18 bits per heavy atom. The van der Waals surface area contributed by atoms with Gasteiger partial charge in [-0.15, -0.1) is 0 Å². The molecular formula is C30H54O4. The van der Waals surface area contributed by atoms with Crippen LogP contribution in [0.5, 0.6) is 0 Å². The molecule has 0 aromatic heterocycles. The Bertz CT molecular complexity index is 596. The van der Waals surface area contributed by atoms with Gasteiger partial charge in [0.2, 0.25) is 0 Å². The number of carbonyl (C=O) groups excluding carboxylic acids is 2. The summed E-state index contributed by atoms with van der Waals surface area (Å²) in [6.07, 6.45) is 6.35. The van der Waals surface area contributed by atoms with E-state index in [1.165, 1.54) is 12.8 Å². The van der Waals surface area contributed by atoms with E-state index < -0.39 is 11.8 Å². The fraction of sp³-hybridized carbons (Fsp3) is 0.933. The van der Waals surface area contributed by atoms with Crippen molar-refractivity contribution in [3.05, 3.63) is 0 Å². The van der Waals surface area contributed by atoms with E-state index in [2.05, 4.69) is 41.5 Å². The molecule has 0 saturated heterocycles. The maximum Gasteiger partial charge on any atom is 0.310 e. The van der Waals surface area contributed by atoms with Gasteiger partial charge in [-0.1, -0.05) is 82.1 Å². The second kappa shape index (κ2) is 12.8. The quantitative estimate of drug-likeness (QED) is 0.321. The first-order valence-corrected chi connectivity index (χ1v) is 14.2. The summed E-state index contributed by atoms with van der Waals surface area (Å²) < 4.78 is 12.5. The summed E-state index contributed by atoms with van der Waals surface area (Å²) in [6.45, 7) is 21.6. The first-order chi connectivity index (χ1) is 15.8. The van der Waals surface area contributed by atoms with E-state index in [0.717, 1.165) is 25.7 Å². The van der Waals surface area contributed by atoms with Gasteiger partial charge in [-0.05, 0) is 73.0 Å². The highest BCUT2D eigenvalue weighted by Crippen LogP contribution is 2.39. The number of esters is 2. The second-order valence-corrected chi connectivity index (χ2v) is 13.1. The van der Waals surface area contributed by atoms with Crippen molar-refractivity contribution >= 4 is 11.9 Å². The molecule has 2 fully saturated rings. The second-order valence-electron chi connectivity index (χ2n) is 13.1. The Balaban J connectivity index is 2.22. The Hall–Kier alpha value is -1.06. The minimum atomic E-state index is -0.476. The van der Waals surface area contributed by atoms with Crippen molar-refractivity contribution in [2.75, 3.05) is 0 Å². The van der Waals surface area contributed by atoms with Crippen LogP contribution in [0.25, 0.3) is 0 Å². The van der Waals surface area contributed by atoms with E-state index in [-0.39, 0.29) is 36.0 Å². The number of rotatable bonds is 9. The van der Waals surface area contributed by atoms with E-state index in [1.54, 1.807) is 0 Å². The van der Waals surface area contributed by atoms with Crippen LogP contribution in [0.15, 0.2) is 0 Å². The fourth-order valence-corrected chi connectivity index (χ4v) is 6.62. The van der Waals surface area contributed by atoms with Gasteiger partial charge in [0.1, 0.15) is 12.2 Å². The molecule has 0 aliphatic heterocycles. The van der Waals surface area contributed by atoms with Crippen molar-refractivity contribution in [1.29, 1.82) is 0 Å². The molecule has 2 aliphatic rings. The minimum absolute atomic E-state index is 0.0112. The summed E-state index contributed by atoms with van der Waals surface area (Å²) >= 11 is 0. The zero-order chi connectivity index (χ0) is 25.7. The molecular weight excluding hydrogens is 424 g/mol. The highest BCUT2D eigenvalue weighted by Gasteiger charge is 2.44. The van der Waals surface area contributed by atoms with E-state index in [0.29, 0.717) is 35.5 Å². The molecule has 0 spiro atoms. The molecule has 34 heavy (non-hydrogen) atoms. The predicted molar refractivity (Wildman–Crippen MR) is 139 cm³/mol. The molecule has 4 heteroatoms. The van der Waals surface area contributed by atoms with Crippen LogP contribution in [-0.2, 0) is 19.1 Å². The zero-order valence-corrected chi connectivity index (χ0v) is 23.8. The lowest BCUT2D eigenvalue weighted by atomic mass is 9.74. The largest absolute Gasteiger partial charge is 0.462 e. The highest BCUT2D eigenvalue weighted by atomic mass is 16.6. The van der Waals surface area contributed by atoms with Crippen molar-refractivity contribution in [2.24, 2.45) is 59.2 Å². The summed E-state index contributed by atoms with van der Waals surface area (Å²) in [6, 6.07) is 0. The Morgan fingerprint density at radius 1 is 0.588 bits per heavy atom. The Kier molecular flexibility index (Phi) is 11.0. The van der Waals surface area contributed by atoms with Crippen molar-refractivity contribution in [3.8, 4) is 0 Å². The zero-order valence-electron chi connectivity index (χ0n) is 23.8. The first kappa shape index (κ1) is 29.2. The van der Waals surface area contributed by atoms with Gasteiger partial charge in [0.15, 0.2) is 0 Å². The topological polar surface area (TPSA) is 52.6 Å². The van der Waals surface area contributed by atoms with Crippen LogP contribution in [0.1, 0.15) is 108 Å². The van der Waals surface area contributed by atoms with E-state index >= 15 is 0 Å². The van der Waals surface area contributed by atoms with Crippen LogP contribution < -0.4 is 0 Å². The lowest BCUT2D eigenvalue weighted by Gasteiger charge is -2.40. The Labute approximate surface area is 210 Å². The van der Waals surface area contributed by atoms with Crippen LogP contribution in [-0.4, -0.2) is 24.1 Å². The molecule has 4 nitrogen and oxygen atoms in total. The van der Waals surface area contributed by atoms with Crippen molar-refractivity contribution < 1.29 is 19.1 Å². The van der Waals surface area contributed by atoms with Crippen LogP contribution in [0, 0.1) is 59.2 Å². The molecule has 0 amide bonds. The molecule has 0 aromatic rings. The van der Waals surface area contributed by atoms with Gasteiger partial charge < -0.3 is 9.47 Å². The number of hydrogen-bond donors (Lipinski definition) is 0. The maximum absolute atomic E-state index is 13.7. The SMILES string of the molecule is CC(C)[C@@H](C(=O)O[C@@H]1C[C@H](C)CC[C@H]1C(C)C)[C@@H](C(=O)O[C@@H]1C[C@H](C)CC[C@H]1C(C)C)C(C)C. The van der Waals surface area contributed by atoms with Crippen LogP contribution in [0.2, 0.25) is 0 Å². The molecule has 0 heterocycles. The Morgan fingerprint density at radius 2 is 0.912 bits per heavy atom. The molecule has 2 saturated carbocycles. The third kappa shape index (κ3) is 7.47. The predicted octanol–water partition coefficient (Wildman–Crippen LogP) is 7.54. The normalized spacial score (nSPS) is 32.2. The van der Waals surface area contributed by atoms with Gasteiger partial charge in [-0.25, -0.2) is 0 Å². The average Bonchev–Trinajstić information content (AvgIpc) is 2.70. The lowest BCUT2D eigenvalue weighted by Crippen LogP contribution is -2.45. The molecule has 0 bridgehead atoms. The smallest absolute Gasteiger partial charge is 0.310 e. The van der Waals surface area contributed by atoms with Gasteiger partial charge in [0.05, 0.1) is 11.8 Å². The molecule has 0 radical (unpaired) electrons. The van der Waals surface area contributed by atoms with Crippen LogP contribution >= 0.6 is 0 Å². The van der Waals surface area contributed by atoms with Gasteiger partial charge in [0, 0.05) is 0 Å². The lowest BCUT2D eigenvalue weighted by molar-refractivity contribution is -0.177. The van der Waals surface area contributed by atoms with Crippen molar-refractivity contribution in [3.63, 3.8) is 0 Å². The fourth-order valence-electron chi connectivity index (χ4n) is 6.62. The van der Waals surface area contributed by atoms with E-state index in [1.807, 2.05) is 27.7 Å². The molecule has 0 unspecified atom stereocenters. The summed E-state index contributed by atoms with van der Waals surface area (Å²) in [5, 5.41) is 0. The maximum atomic E-state index is 13.7. The monoisotopic (exact) mass is 478 g/mol. The van der Waals surface area contributed by atoms with Crippen molar-refractivity contribution in [2.45, 2.75) is 120 Å².